The van der Waals surface area contributed by atoms with Gasteiger partial charge in [-0.05, 0) is 49.3 Å². The van der Waals surface area contributed by atoms with E-state index in [1.807, 2.05) is 0 Å². The van der Waals surface area contributed by atoms with E-state index in [2.05, 4.69) is 10.8 Å². The van der Waals surface area contributed by atoms with Crippen LogP contribution in [0.4, 0.5) is 8.78 Å². The standard InChI is InChI=1S/C20H24F2N2O4/c21-19(22)28-16-5-4-15(10-17(16)27-12-14-2-1-3-14)20(13-23)6-8-24(9-7-20)11-18(25)26/h4-5,10,14,19H,1-3,6-9,11-12H2,(H,25,26). The summed E-state index contributed by atoms with van der Waals surface area (Å²) in [5.41, 5.74) is -0.109. The van der Waals surface area contributed by atoms with E-state index in [0.29, 0.717) is 44.0 Å². The highest BCUT2D eigenvalue weighted by molar-refractivity contribution is 5.69. The van der Waals surface area contributed by atoms with Crippen molar-refractivity contribution in [1.29, 1.82) is 5.26 Å². The minimum atomic E-state index is -2.96. The number of rotatable bonds is 8. The van der Waals surface area contributed by atoms with E-state index in [9.17, 15) is 18.8 Å². The molecule has 6 nitrogen and oxygen atoms in total. The lowest BCUT2D eigenvalue weighted by Gasteiger charge is -2.37. The Labute approximate surface area is 162 Å². The number of ether oxygens (including phenoxy) is 2. The highest BCUT2D eigenvalue weighted by atomic mass is 19.3. The number of carboxylic acid groups (broad SMARTS) is 1. The smallest absolute Gasteiger partial charge is 0.387 e. The SMILES string of the molecule is N#CC1(c2ccc(OC(F)F)c(OCC3CCC3)c2)CCN(CC(=O)O)CC1. The predicted molar refractivity (Wildman–Crippen MR) is 96.5 cm³/mol. The number of piperidine rings is 1. The summed E-state index contributed by atoms with van der Waals surface area (Å²) < 4.78 is 35.8. The summed E-state index contributed by atoms with van der Waals surface area (Å²) in [4.78, 5) is 12.7. The maximum Gasteiger partial charge on any atom is 0.387 e. The Hall–Kier alpha value is -2.40. The first-order chi connectivity index (χ1) is 13.4. The topological polar surface area (TPSA) is 82.8 Å². The molecule has 0 amide bonds. The van der Waals surface area contributed by atoms with E-state index in [1.54, 1.807) is 17.0 Å². The van der Waals surface area contributed by atoms with Crippen LogP contribution in [0.15, 0.2) is 18.2 Å². The Kier molecular flexibility index (Phi) is 6.35. The molecule has 0 unspecified atom stereocenters. The molecule has 1 aliphatic carbocycles. The van der Waals surface area contributed by atoms with Crippen molar-refractivity contribution in [1.82, 2.24) is 4.90 Å². The van der Waals surface area contributed by atoms with E-state index < -0.39 is 18.0 Å². The second-order valence-corrected chi connectivity index (χ2v) is 7.51. The molecule has 1 N–H and O–H groups in total. The molecule has 1 aliphatic heterocycles. The zero-order valence-electron chi connectivity index (χ0n) is 15.6. The number of halogens is 2. The lowest BCUT2D eigenvalue weighted by molar-refractivity contribution is -0.138. The lowest BCUT2D eigenvalue weighted by atomic mass is 9.74. The summed E-state index contributed by atoms with van der Waals surface area (Å²) in [6.07, 6.45) is 4.21. The van der Waals surface area contributed by atoms with Crippen molar-refractivity contribution in [3.63, 3.8) is 0 Å². The Morgan fingerprint density at radius 2 is 2.04 bits per heavy atom. The normalized spacial score (nSPS) is 19.6. The first kappa shape index (κ1) is 20.3. The molecule has 1 heterocycles. The van der Waals surface area contributed by atoms with Crippen LogP contribution in [0.3, 0.4) is 0 Å². The molecule has 8 heteroatoms. The summed E-state index contributed by atoms with van der Waals surface area (Å²) in [7, 11) is 0. The van der Waals surface area contributed by atoms with Gasteiger partial charge < -0.3 is 14.6 Å². The summed E-state index contributed by atoms with van der Waals surface area (Å²) in [6.45, 7) is -1.62. The predicted octanol–water partition coefficient (Wildman–Crippen LogP) is 3.41. The van der Waals surface area contributed by atoms with E-state index >= 15 is 0 Å². The van der Waals surface area contributed by atoms with Crippen LogP contribution in [-0.2, 0) is 10.2 Å². The molecule has 152 valence electrons. The van der Waals surface area contributed by atoms with Crippen LogP contribution in [-0.4, -0.2) is 48.8 Å². The van der Waals surface area contributed by atoms with Gasteiger partial charge in [0, 0.05) is 13.1 Å². The summed E-state index contributed by atoms with van der Waals surface area (Å²) in [5.74, 6) is -0.279. The van der Waals surface area contributed by atoms with Crippen molar-refractivity contribution in [2.75, 3.05) is 26.2 Å². The highest BCUT2D eigenvalue weighted by Crippen LogP contribution is 2.40. The molecule has 0 radical (unpaired) electrons. The van der Waals surface area contributed by atoms with Gasteiger partial charge in [0.1, 0.15) is 0 Å². The van der Waals surface area contributed by atoms with E-state index in [0.717, 1.165) is 19.3 Å². The van der Waals surface area contributed by atoms with Crippen molar-refractivity contribution < 1.29 is 28.2 Å². The van der Waals surface area contributed by atoms with Gasteiger partial charge in [-0.25, -0.2) is 0 Å². The Bertz CT molecular complexity index is 738. The number of benzene rings is 1. The van der Waals surface area contributed by atoms with Crippen LogP contribution in [0.5, 0.6) is 11.5 Å². The quantitative estimate of drug-likeness (QED) is 0.728. The summed E-state index contributed by atoms with van der Waals surface area (Å²) >= 11 is 0. The number of aliphatic carboxylic acids is 1. The number of alkyl halides is 2. The number of hydrogen-bond acceptors (Lipinski definition) is 5. The first-order valence-electron chi connectivity index (χ1n) is 9.49. The number of nitriles is 1. The van der Waals surface area contributed by atoms with Crippen molar-refractivity contribution in [2.45, 2.75) is 44.1 Å². The molecule has 0 aromatic heterocycles. The molecule has 3 rings (SSSR count). The van der Waals surface area contributed by atoms with Gasteiger partial charge in [0.15, 0.2) is 11.5 Å². The number of carboxylic acids is 1. The average Bonchev–Trinajstić information content (AvgIpc) is 2.61. The van der Waals surface area contributed by atoms with Crippen molar-refractivity contribution >= 4 is 5.97 Å². The van der Waals surface area contributed by atoms with Gasteiger partial charge in [-0.1, -0.05) is 12.5 Å². The molecular weight excluding hydrogens is 370 g/mol. The zero-order valence-corrected chi connectivity index (χ0v) is 15.6. The molecule has 0 atom stereocenters. The molecule has 0 bridgehead atoms. The molecule has 28 heavy (non-hydrogen) atoms. The molecule has 1 aromatic rings. The van der Waals surface area contributed by atoms with Gasteiger partial charge in [0.25, 0.3) is 0 Å². The molecule has 0 spiro atoms. The van der Waals surface area contributed by atoms with Gasteiger partial charge >= 0.3 is 12.6 Å². The largest absolute Gasteiger partial charge is 0.489 e. The summed E-state index contributed by atoms with van der Waals surface area (Å²) in [6, 6.07) is 7.05. The minimum absolute atomic E-state index is 0.0329. The Morgan fingerprint density at radius 1 is 1.32 bits per heavy atom. The molecular formula is C20H24F2N2O4. The maximum atomic E-state index is 12.7. The zero-order chi connectivity index (χ0) is 20.1. The number of hydrogen-bond donors (Lipinski definition) is 1. The number of carbonyl (C=O) groups is 1. The van der Waals surface area contributed by atoms with Gasteiger partial charge in [-0.2, -0.15) is 14.0 Å². The van der Waals surface area contributed by atoms with Crippen LogP contribution >= 0.6 is 0 Å². The van der Waals surface area contributed by atoms with Gasteiger partial charge in [0.05, 0.1) is 24.6 Å². The van der Waals surface area contributed by atoms with E-state index in [-0.39, 0.29) is 18.0 Å². The second kappa shape index (κ2) is 8.74. The fraction of sp³-hybridized carbons (Fsp3) is 0.600. The average molecular weight is 394 g/mol. The van der Waals surface area contributed by atoms with Crippen LogP contribution < -0.4 is 9.47 Å². The Morgan fingerprint density at radius 3 is 2.57 bits per heavy atom. The van der Waals surface area contributed by atoms with Crippen LogP contribution in [0.25, 0.3) is 0 Å². The van der Waals surface area contributed by atoms with E-state index in [4.69, 9.17) is 9.84 Å². The second-order valence-electron chi connectivity index (χ2n) is 7.51. The Balaban J connectivity index is 1.79. The molecule has 1 aromatic carbocycles. The fourth-order valence-electron chi connectivity index (χ4n) is 3.73. The number of nitrogens with zero attached hydrogens (tertiary/aromatic N) is 2. The highest BCUT2D eigenvalue weighted by Gasteiger charge is 2.37. The molecule has 1 saturated carbocycles. The monoisotopic (exact) mass is 394 g/mol. The third-order valence-electron chi connectivity index (χ3n) is 5.69. The van der Waals surface area contributed by atoms with Crippen LogP contribution in [0.1, 0.15) is 37.7 Å². The first-order valence-corrected chi connectivity index (χ1v) is 9.49. The van der Waals surface area contributed by atoms with E-state index in [1.165, 1.54) is 6.07 Å². The van der Waals surface area contributed by atoms with Crippen LogP contribution in [0, 0.1) is 17.2 Å². The third-order valence-corrected chi connectivity index (χ3v) is 5.69. The minimum Gasteiger partial charge on any atom is -0.489 e. The van der Waals surface area contributed by atoms with Crippen molar-refractivity contribution in [2.24, 2.45) is 5.92 Å². The third kappa shape index (κ3) is 4.71. The molecule has 1 saturated heterocycles. The fourth-order valence-corrected chi connectivity index (χ4v) is 3.73. The van der Waals surface area contributed by atoms with Crippen molar-refractivity contribution in [3.05, 3.63) is 23.8 Å². The van der Waals surface area contributed by atoms with Crippen molar-refractivity contribution in [3.8, 4) is 17.6 Å². The summed E-state index contributed by atoms with van der Waals surface area (Å²) in [5, 5.41) is 18.8. The van der Waals surface area contributed by atoms with Gasteiger partial charge in [0.2, 0.25) is 0 Å². The van der Waals surface area contributed by atoms with Gasteiger partial charge in [-0.3, -0.25) is 9.69 Å². The number of likely N-dealkylation sites (tertiary alicyclic amines) is 1. The maximum absolute atomic E-state index is 12.7. The van der Waals surface area contributed by atoms with Gasteiger partial charge in [-0.15, -0.1) is 0 Å². The van der Waals surface area contributed by atoms with Crippen LogP contribution in [0.2, 0.25) is 0 Å². The lowest BCUT2D eigenvalue weighted by Crippen LogP contribution is -2.43. The molecule has 2 fully saturated rings. The molecule has 2 aliphatic rings.